The van der Waals surface area contributed by atoms with E-state index in [0.717, 1.165) is 12.1 Å². The number of hydrogen-bond acceptors (Lipinski definition) is 6. The highest BCUT2D eigenvalue weighted by Gasteiger charge is 2.31. The van der Waals surface area contributed by atoms with Crippen LogP contribution in [0.25, 0.3) is 11.4 Å². The second-order valence-electron chi connectivity index (χ2n) is 6.40. The molecule has 0 saturated carbocycles. The maximum absolute atomic E-state index is 13.3. The van der Waals surface area contributed by atoms with E-state index in [1.807, 2.05) is 18.2 Å². The van der Waals surface area contributed by atoms with E-state index < -0.39 is 11.7 Å². The van der Waals surface area contributed by atoms with Crippen molar-refractivity contribution in [2.24, 2.45) is 0 Å². The second-order valence-corrected chi connectivity index (χ2v) is 6.40. The molecule has 4 rings (SSSR count). The van der Waals surface area contributed by atoms with Crippen LogP contribution < -0.4 is 10.6 Å². The highest BCUT2D eigenvalue weighted by atomic mass is 19.4. The number of nitrogen functional groups attached to an aromatic ring is 1. The zero-order valence-corrected chi connectivity index (χ0v) is 15.5. The maximum atomic E-state index is 13.3. The fraction of sp³-hybridized carbons (Fsp3) is 0.0952. The van der Waals surface area contributed by atoms with Crippen LogP contribution in [-0.2, 0) is 12.7 Å². The molecule has 0 aliphatic heterocycles. The molecule has 2 N–H and O–H groups in total. The summed E-state index contributed by atoms with van der Waals surface area (Å²) in [6, 6.07) is 17.4. The molecule has 0 aliphatic rings. The molecule has 2 aromatic heterocycles. The zero-order chi connectivity index (χ0) is 21.1. The summed E-state index contributed by atoms with van der Waals surface area (Å²) < 4.78 is 45.2. The van der Waals surface area contributed by atoms with Crippen molar-refractivity contribution in [3.05, 3.63) is 84.3 Å². The van der Waals surface area contributed by atoms with Gasteiger partial charge in [-0.05, 0) is 30.3 Å². The third-order valence-corrected chi connectivity index (χ3v) is 4.29. The normalized spacial score (nSPS) is 11.4. The van der Waals surface area contributed by atoms with Crippen LogP contribution in [0.2, 0.25) is 0 Å². The van der Waals surface area contributed by atoms with E-state index in [0.29, 0.717) is 17.1 Å². The van der Waals surface area contributed by atoms with Gasteiger partial charge >= 0.3 is 6.18 Å². The van der Waals surface area contributed by atoms with Gasteiger partial charge in [0.1, 0.15) is 5.76 Å². The first kappa shape index (κ1) is 19.4. The number of rotatable bonds is 5. The van der Waals surface area contributed by atoms with Gasteiger partial charge in [0, 0.05) is 11.3 Å². The van der Waals surface area contributed by atoms with Gasteiger partial charge in [-0.1, -0.05) is 36.4 Å². The summed E-state index contributed by atoms with van der Waals surface area (Å²) in [7, 11) is 0. The summed E-state index contributed by atoms with van der Waals surface area (Å²) in [6.45, 7) is 0.103. The maximum Gasteiger partial charge on any atom is 0.416 e. The number of alkyl halides is 3. The Morgan fingerprint density at radius 1 is 0.900 bits per heavy atom. The fourth-order valence-electron chi connectivity index (χ4n) is 2.90. The number of anilines is 3. The lowest BCUT2D eigenvalue weighted by Crippen LogP contribution is -2.21. The Bertz CT molecular complexity index is 1130. The lowest BCUT2D eigenvalue weighted by molar-refractivity contribution is -0.137. The molecule has 2 aromatic carbocycles. The first-order valence-electron chi connectivity index (χ1n) is 8.94. The van der Waals surface area contributed by atoms with Crippen LogP contribution >= 0.6 is 0 Å². The van der Waals surface area contributed by atoms with Gasteiger partial charge in [-0.15, -0.1) is 0 Å². The van der Waals surface area contributed by atoms with Gasteiger partial charge < -0.3 is 15.1 Å². The lowest BCUT2D eigenvalue weighted by atomic mass is 10.1. The minimum Gasteiger partial charge on any atom is -0.467 e. The molecule has 0 radical (unpaired) electrons. The van der Waals surface area contributed by atoms with Crippen molar-refractivity contribution in [1.82, 2.24) is 15.0 Å². The molecule has 0 aliphatic carbocycles. The zero-order valence-electron chi connectivity index (χ0n) is 15.5. The van der Waals surface area contributed by atoms with Crippen molar-refractivity contribution < 1.29 is 17.6 Å². The van der Waals surface area contributed by atoms with Crippen LogP contribution in [0, 0.1) is 0 Å². The van der Waals surface area contributed by atoms with Crippen molar-refractivity contribution in [3.63, 3.8) is 0 Å². The van der Waals surface area contributed by atoms with E-state index in [-0.39, 0.29) is 24.1 Å². The number of nitrogens with two attached hydrogens (primary N) is 1. The number of aromatic nitrogens is 3. The monoisotopic (exact) mass is 411 g/mol. The molecular formula is C21H16F3N5O. The van der Waals surface area contributed by atoms with Gasteiger partial charge in [-0.3, -0.25) is 0 Å². The topological polar surface area (TPSA) is 81.1 Å². The highest BCUT2D eigenvalue weighted by Crippen LogP contribution is 2.34. The van der Waals surface area contributed by atoms with E-state index in [1.165, 1.54) is 17.2 Å². The van der Waals surface area contributed by atoms with Crippen LogP contribution in [0.4, 0.5) is 30.8 Å². The SMILES string of the molecule is Nc1nc(-c2ccccc2)nc(N(Cc2ccco2)c2cccc(C(F)(F)F)c2)n1. The molecule has 9 heteroatoms. The minimum atomic E-state index is -4.49. The second kappa shape index (κ2) is 7.86. The molecule has 6 nitrogen and oxygen atoms in total. The molecule has 0 atom stereocenters. The molecule has 152 valence electrons. The van der Waals surface area contributed by atoms with Gasteiger partial charge in [0.15, 0.2) is 5.82 Å². The summed E-state index contributed by atoms with van der Waals surface area (Å²) in [5, 5.41) is 0. The standard InChI is InChI=1S/C21H16F3N5O/c22-21(23,24)15-8-4-9-16(12-15)29(13-17-10-5-11-30-17)20-27-18(26-19(25)28-20)14-6-2-1-3-7-14/h1-12H,13H2,(H2,25,26,27,28). The lowest BCUT2D eigenvalue weighted by Gasteiger charge is -2.23. The van der Waals surface area contributed by atoms with E-state index in [2.05, 4.69) is 15.0 Å². The van der Waals surface area contributed by atoms with Gasteiger partial charge in [0.05, 0.1) is 18.4 Å². The van der Waals surface area contributed by atoms with Crippen LogP contribution in [0.3, 0.4) is 0 Å². The number of furan rings is 1. The Balaban J connectivity index is 1.82. The summed E-state index contributed by atoms with van der Waals surface area (Å²) in [4.78, 5) is 14.3. The average Bonchev–Trinajstić information content (AvgIpc) is 3.25. The smallest absolute Gasteiger partial charge is 0.416 e. The molecule has 0 bridgehead atoms. The third kappa shape index (κ3) is 4.24. The van der Waals surface area contributed by atoms with Crippen molar-refractivity contribution in [1.29, 1.82) is 0 Å². The number of hydrogen-bond donors (Lipinski definition) is 1. The average molecular weight is 411 g/mol. The van der Waals surface area contributed by atoms with E-state index in [9.17, 15) is 13.2 Å². The highest BCUT2D eigenvalue weighted by molar-refractivity contribution is 5.63. The Morgan fingerprint density at radius 3 is 2.40 bits per heavy atom. The molecule has 2 heterocycles. The summed E-state index contributed by atoms with van der Waals surface area (Å²) in [5.41, 5.74) is 6.06. The van der Waals surface area contributed by atoms with E-state index >= 15 is 0 Å². The van der Waals surface area contributed by atoms with Crippen LogP contribution in [0.5, 0.6) is 0 Å². The summed E-state index contributed by atoms with van der Waals surface area (Å²) in [6.07, 6.45) is -3.00. The Morgan fingerprint density at radius 2 is 1.70 bits per heavy atom. The van der Waals surface area contributed by atoms with E-state index in [4.69, 9.17) is 10.2 Å². The summed E-state index contributed by atoms with van der Waals surface area (Å²) >= 11 is 0. The van der Waals surface area contributed by atoms with Crippen molar-refractivity contribution in [2.75, 3.05) is 10.6 Å². The van der Waals surface area contributed by atoms with Gasteiger partial charge in [-0.25, -0.2) is 0 Å². The number of halogens is 3. The van der Waals surface area contributed by atoms with Crippen molar-refractivity contribution in [3.8, 4) is 11.4 Å². The predicted octanol–water partition coefficient (Wildman–Crippen LogP) is 5.07. The predicted molar refractivity (Wildman–Crippen MR) is 106 cm³/mol. The van der Waals surface area contributed by atoms with Crippen LogP contribution in [-0.4, -0.2) is 15.0 Å². The van der Waals surface area contributed by atoms with Crippen molar-refractivity contribution in [2.45, 2.75) is 12.7 Å². The largest absolute Gasteiger partial charge is 0.467 e. The molecule has 0 spiro atoms. The Hall–Kier alpha value is -3.88. The minimum absolute atomic E-state index is 0.0460. The van der Waals surface area contributed by atoms with Crippen molar-refractivity contribution >= 4 is 17.6 Å². The molecule has 0 fully saturated rings. The molecule has 0 amide bonds. The van der Waals surface area contributed by atoms with Gasteiger partial charge in [0.2, 0.25) is 11.9 Å². The Kier molecular flexibility index (Phi) is 5.09. The third-order valence-electron chi connectivity index (χ3n) is 4.29. The molecule has 4 aromatic rings. The molecule has 0 saturated heterocycles. The van der Waals surface area contributed by atoms with Gasteiger partial charge in [-0.2, -0.15) is 28.1 Å². The number of benzene rings is 2. The quantitative estimate of drug-likeness (QED) is 0.494. The molecule has 30 heavy (non-hydrogen) atoms. The van der Waals surface area contributed by atoms with E-state index in [1.54, 1.807) is 30.3 Å². The summed E-state index contributed by atoms with van der Waals surface area (Å²) in [5.74, 6) is 0.898. The van der Waals surface area contributed by atoms with Crippen LogP contribution in [0.1, 0.15) is 11.3 Å². The number of nitrogens with zero attached hydrogens (tertiary/aromatic N) is 4. The fourth-order valence-corrected chi connectivity index (χ4v) is 2.90. The Labute approximate surface area is 169 Å². The van der Waals surface area contributed by atoms with Gasteiger partial charge in [0.25, 0.3) is 0 Å². The molecular weight excluding hydrogens is 395 g/mol. The van der Waals surface area contributed by atoms with Crippen LogP contribution in [0.15, 0.2) is 77.4 Å². The molecule has 0 unspecified atom stereocenters. The first-order valence-corrected chi connectivity index (χ1v) is 8.94. The first-order chi connectivity index (χ1) is 14.4.